The number of rotatable bonds is 2. The summed E-state index contributed by atoms with van der Waals surface area (Å²) in [5.74, 6) is 1.67. The molecular formula is C14H20N2O2. The number of benzene rings is 1. The number of aryl methyl sites for hydroxylation is 1. The minimum atomic E-state index is 0.253. The zero-order valence-electron chi connectivity index (χ0n) is 10.7. The molecule has 18 heavy (non-hydrogen) atoms. The van der Waals surface area contributed by atoms with Crippen LogP contribution in [0.2, 0.25) is 0 Å². The predicted molar refractivity (Wildman–Crippen MR) is 71.2 cm³/mol. The molecule has 3 rings (SSSR count). The maximum Gasteiger partial charge on any atom is 0.231 e. The molecule has 1 aliphatic heterocycles. The molecule has 0 radical (unpaired) electrons. The third-order valence-electron chi connectivity index (χ3n) is 3.88. The number of anilines is 1. The maximum atomic E-state index is 6.17. The molecule has 0 saturated heterocycles. The van der Waals surface area contributed by atoms with E-state index in [0.29, 0.717) is 12.8 Å². The quantitative estimate of drug-likeness (QED) is 0.844. The van der Waals surface area contributed by atoms with Crippen molar-refractivity contribution in [3.8, 4) is 11.5 Å². The summed E-state index contributed by atoms with van der Waals surface area (Å²) in [5.41, 5.74) is 8.46. The molecule has 1 aromatic rings. The van der Waals surface area contributed by atoms with Crippen LogP contribution >= 0.6 is 0 Å². The summed E-state index contributed by atoms with van der Waals surface area (Å²) in [6.45, 7) is 2.40. The smallest absolute Gasteiger partial charge is 0.231 e. The second kappa shape index (κ2) is 4.69. The molecule has 4 heteroatoms. The lowest BCUT2D eigenvalue weighted by Gasteiger charge is -2.30. The van der Waals surface area contributed by atoms with Crippen LogP contribution in [0.15, 0.2) is 12.1 Å². The van der Waals surface area contributed by atoms with Crippen LogP contribution in [0.5, 0.6) is 11.5 Å². The fourth-order valence-electron chi connectivity index (χ4n) is 2.74. The second-order valence-corrected chi connectivity index (χ2v) is 5.22. The van der Waals surface area contributed by atoms with Crippen LogP contribution in [0.4, 0.5) is 5.69 Å². The van der Waals surface area contributed by atoms with Crippen molar-refractivity contribution in [3.63, 3.8) is 0 Å². The highest BCUT2D eigenvalue weighted by molar-refractivity contribution is 5.61. The van der Waals surface area contributed by atoms with E-state index in [2.05, 4.69) is 12.2 Å². The first-order valence-corrected chi connectivity index (χ1v) is 6.66. The summed E-state index contributed by atoms with van der Waals surface area (Å²) < 4.78 is 10.8. The number of fused-ring (bicyclic) bond motifs is 1. The van der Waals surface area contributed by atoms with Gasteiger partial charge in [-0.15, -0.1) is 0 Å². The average molecular weight is 248 g/mol. The zero-order chi connectivity index (χ0) is 12.5. The molecule has 2 aliphatic rings. The van der Waals surface area contributed by atoms with E-state index >= 15 is 0 Å². The number of hydrogen-bond donors (Lipinski definition) is 2. The van der Waals surface area contributed by atoms with Crippen molar-refractivity contribution in [2.75, 3.05) is 12.1 Å². The van der Waals surface area contributed by atoms with Gasteiger partial charge in [0.05, 0.1) is 0 Å². The normalized spacial score (nSPS) is 26.1. The van der Waals surface area contributed by atoms with E-state index in [9.17, 15) is 0 Å². The van der Waals surface area contributed by atoms with Gasteiger partial charge in [0, 0.05) is 23.8 Å². The van der Waals surface area contributed by atoms with E-state index in [1.165, 1.54) is 18.4 Å². The topological polar surface area (TPSA) is 56.5 Å². The molecule has 0 bridgehead atoms. The van der Waals surface area contributed by atoms with Crippen LogP contribution in [0.3, 0.4) is 0 Å². The molecule has 4 nitrogen and oxygen atoms in total. The highest BCUT2D eigenvalue weighted by Crippen LogP contribution is 2.37. The fourth-order valence-corrected chi connectivity index (χ4v) is 2.74. The van der Waals surface area contributed by atoms with Crippen LogP contribution in [-0.2, 0) is 0 Å². The molecule has 0 spiro atoms. The van der Waals surface area contributed by atoms with E-state index in [4.69, 9.17) is 15.2 Å². The van der Waals surface area contributed by atoms with Gasteiger partial charge in [-0.25, -0.2) is 0 Å². The van der Waals surface area contributed by atoms with Crippen LogP contribution in [-0.4, -0.2) is 18.9 Å². The van der Waals surface area contributed by atoms with Gasteiger partial charge >= 0.3 is 0 Å². The van der Waals surface area contributed by atoms with Crippen molar-refractivity contribution in [2.24, 2.45) is 5.73 Å². The molecule has 1 aliphatic carbocycles. The Kier molecular flexibility index (Phi) is 3.04. The highest BCUT2D eigenvalue weighted by atomic mass is 16.7. The Bertz CT molecular complexity index is 448. The van der Waals surface area contributed by atoms with E-state index < -0.39 is 0 Å². The average Bonchev–Trinajstić information content (AvgIpc) is 2.79. The molecule has 1 fully saturated rings. The molecule has 0 aromatic heterocycles. The van der Waals surface area contributed by atoms with E-state index in [1.54, 1.807) is 0 Å². The minimum Gasteiger partial charge on any atom is -0.454 e. The molecular weight excluding hydrogens is 228 g/mol. The van der Waals surface area contributed by atoms with Crippen LogP contribution < -0.4 is 20.5 Å². The van der Waals surface area contributed by atoms with Crippen LogP contribution in [0, 0.1) is 6.92 Å². The van der Waals surface area contributed by atoms with E-state index in [0.717, 1.165) is 30.0 Å². The Hall–Kier alpha value is -1.42. The molecule has 1 saturated carbocycles. The Balaban J connectivity index is 1.79. The predicted octanol–water partition coefficient (Wildman–Crippen LogP) is 2.41. The Labute approximate surface area is 107 Å². The lowest BCUT2D eigenvalue weighted by molar-refractivity contribution is 0.174. The van der Waals surface area contributed by atoms with Gasteiger partial charge < -0.3 is 20.5 Å². The lowest BCUT2D eigenvalue weighted by atomic mass is 9.90. The Morgan fingerprint density at radius 3 is 2.67 bits per heavy atom. The van der Waals surface area contributed by atoms with Crippen molar-refractivity contribution in [2.45, 2.75) is 44.7 Å². The van der Waals surface area contributed by atoms with Crippen molar-refractivity contribution >= 4 is 5.69 Å². The van der Waals surface area contributed by atoms with E-state index in [1.807, 2.05) is 12.1 Å². The van der Waals surface area contributed by atoms with Crippen molar-refractivity contribution in [3.05, 3.63) is 17.7 Å². The third kappa shape index (κ3) is 2.12. The standard InChI is InChI=1S/C14H20N2O2/c1-9-6-13-14(18-8-17-13)7-12(9)16-11-5-3-2-4-10(11)15/h6-7,10-11,16H,2-5,8,15H2,1H3. The van der Waals surface area contributed by atoms with Gasteiger partial charge in [0.15, 0.2) is 11.5 Å². The minimum absolute atomic E-state index is 0.253. The molecule has 1 aromatic carbocycles. The van der Waals surface area contributed by atoms with Gasteiger partial charge in [-0.1, -0.05) is 12.8 Å². The molecule has 1 heterocycles. The lowest BCUT2D eigenvalue weighted by Crippen LogP contribution is -2.42. The van der Waals surface area contributed by atoms with Crippen LogP contribution in [0.25, 0.3) is 0 Å². The third-order valence-corrected chi connectivity index (χ3v) is 3.88. The Morgan fingerprint density at radius 1 is 1.17 bits per heavy atom. The zero-order valence-corrected chi connectivity index (χ0v) is 10.7. The van der Waals surface area contributed by atoms with Gasteiger partial charge in [-0.05, 0) is 31.4 Å². The molecule has 0 amide bonds. The van der Waals surface area contributed by atoms with Crippen molar-refractivity contribution < 1.29 is 9.47 Å². The maximum absolute atomic E-state index is 6.17. The first kappa shape index (κ1) is 11.7. The molecule has 2 atom stereocenters. The summed E-state index contributed by atoms with van der Waals surface area (Å²) in [5, 5.41) is 3.57. The summed E-state index contributed by atoms with van der Waals surface area (Å²) >= 11 is 0. The molecule has 2 unspecified atom stereocenters. The number of nitrogens with two attached hydrogens (primary N) is 1. The van der Waals surface area contributed by atoms with Crippen molar-refractivity contribution in [1.82, 2.24) is 0 Å². The second-order valence-electron chi connectivity index (χ2n) is 5.22. The Morgan fingerprint density at radius 2 is 1.89 bits per heavy atom. The van der Waals surface area contributed by atoms with Gasteiger partial charge in [-0.2, -0.15) is 0 Å². The van der Waals surface area contributed by atoms with Crippen LogP contribution in [0.1, 0.15) is 31.2 Å². The van der Waals surface area contributed by atoms with E-state index in [-0.39, 0.29) is 6.04 Å². The van der Waals surface area contributed by atoms with Gasteiger partial charge in [0.1, 0.15) is 0 Å². The molecule has 98 valence electrons. The van der Waals surface area contributed by atoms with Gasteiger partial charge in [0.25, 0.3) is 0 Å². The number of nitrogens with one attached hydrogen (secondary N) is 1. The number of ether oxygens (including phenoxy) is 2. The first-order chi connectivity index (χ1) is 8.74. The summed E-state index contributed by atoms with van der Waals surface area (Å²) in [7, 11) is 0. The SMILES string of the molecule is Cc1cc2c(cc1NC1CCCCC1N)OCO2. The summed E-state index contributed by atoms with van der Waals surface area (Å²) in [6, 6.07) is 4.68. The number of hydrogen-bond acceptors (Lipinski definition) is 4. The monoisotopic (exact) mass is 248 g/mol. The molecule has 3 N–H and O–H groups in total. The van der Waals surface area contributed by atoms with Gasteiger partial charge in [0.2, 0.25) is 6.79 Å². The van der Waals surface area contributed by atoms with Gasteiger partial charge in [-0.3, -0.25) is 0 Å². The highest BCUT2D eigenvalue weighted by Gasteiger charge is 2.23. The first-order valence-electron chi connectivity index (χ1n) is 6.66. The fraction of sp³-hybridized carbons (Fsp3) is 0.571. The summed E-state index contributed by atoms with van der Waals surface area (Å²) in [6.07, 6.45) is 4.77. The van der Waals surface area contributed by atoms with Crippen molar-refractivity contribution in [1.29, 1.82) is 0 Å². The summed E-state index contributed by atoms with van der Waals surface area (Å²) in [4.78, 5) is 0. The largest absolute Gasteiger partial charge is 0.454 e.